The molecular formula is C17H20N2O2. The molecule has 1 aromatic heterocycles. The number of carbonyl (C=O) groups is 1. The maximum atomic E-state index is 12.2. The summed E-state index contributed by atoms with van der Waals surface area (Å²) in [6.07, 6.45) is 1.57. The predicted octanol–water partition coefficient (Wildman–Crippen LogP) is 3.64. The summed E-state index contributed by atoms with van der Waals surface area (Å²) >= 11 is 0. The highest BCUT2D eigenvalue weighted by Crippen LogP contribution is 2.22. The van der Waals surface area contributed by atoms with Crippen LogP contribution in [-0.4, -0.2) is 18.0 Å². The lowest BCUT2D eigenvalue weighted by Gasteiger charge is -2.19. The van der Waals surface area contributed by atoms with E-state index in [-0.39, 0.29) is 11.3 Å². The van der Waals surface area contributed by atoms with Crippen LogP contribution >= 0.6 is 0 Å². The van der Waals surface area contributed by atoms with Crippen molar-refractivity contribution in [2.45, 2.75) is 26.2 Å². The minimum Gasteiger partial charge on any atom is -0.481 e. The second-order valence-electron chi connectivity index (χ2n) is 5.87. The van der Waals surface area contributed by atoms with E-state index in [1.807, 2.05) is 24.3 Å². The lowest BCUT2D eigenvalue weighted by atomic mass is 9.87. The number of carbonyl (C=O) groups excluding carboxylic acids is 1. The molecule has 110 valence electrons. The number of rotatable bonds is 3. The Labute approximate surface area is 125 Å². The second kappa shape index (κ2) is 5.95. The van der Waals surface area contributed by atoms with Gasteiger partial charge in [-0.2, -0.15) is 0 Å². The van der Waals surface area contributed by atoms with Crippen molar-refractivity contribution in [3.8, 4) is 5.88 Å². The zero-order valence-corrected chi connectivity index (χ0v) is 12.8. The number of nitrogens with zero attached hydrogens (tertiary/aromatic N) is 1. The van der Waals surface area contributed by atoms with Crippen LogP contribution in [0.25, 0.3) is 0 Å². The summed E-state index contributed by atoms with van der Waals surface area (Å²) in [5.41, 5.74) is 2.54. The van der Waals surface area contributed by atoms with Gasteiger partial charge in [0.05, 0.1) is 19.0 Å². The standard InChI is InChI=1S/C17H20N2O2/c1-17(2,3)13-7-5-12(6-8-13)16(20)19-14-9-10-15(21-4)18-11-14/h5-11H,1-4H3,(H,19,20). The quantitative estimate of drug-likeness (QED) is 0.936. The van der Waals surface area contributed by atoms with E-state index < -0.39 is 0 Å². The zero-order chi connectivity index (χ0) is 15.5. The van der Waals surface area contributed by atoms with Gasteiger partial charge >= 0.3 is 0 Å². The maximum Gasteiger partial charge on any atom is 0.255 e. The van der Waals surface area contributed by atoms with Gasteiger partial charge in [0.25, 0.3) is 5.91 Å². The molecule has 0 atom stereocenters. The van der Waals surface area contributed by atoms with Gasteiger partial charge in [-0.1, -0.05) is 32.9 Å². The van der Waals surface area contributed by atoms with Crippen molar-refractivity contribution < 1.29 is 9.53 Å². The number of ether oxygens (including phenoxy) is 1. The molecule has 1 heterocycles. The van der Waals surface area contributed by atoms with E-state index in [0.717, 1.165) is 0 Å². The summed E-state index contributed by atoms with van der Waals surface area (Å²) < 4.78 is 4.98. The molecule has 1 aromatic carbocycles. The van der Waals surface area contributed by atoms with Gasteiger partial charge in [-0.05, 0) is 29.2 Å². The summed E-state index contributed by atoms with van der Waals surface area (Å²) in [6.45, 7) is 6.43. The van der Waals surface area contributed by atoms with E-state index in [1.54, 1.807) is 25.4 Å². The Hall–Kier alpha value is -2.36. The molecule has 1 N–H and O–H groups in total. The first kappa shape index (κ1) is 15.0. The molecule has 0 saturated carbocycles. The van der Waals surface area contributed by atoms with E-state index in [0.29, 0.717) is 17.1 Å². The smallest absolute Gasteiger partial charge is 0.255 e. The van der Waals surface area contributed by atoms with Crippen LogP contribution in [0.2, 0.25) is 0 Å². The van der Waals surface area contributed by atoms with Gasteiger partial charge in [0.2, 0.25) is 5.88 Å². The van der Waals surface area contributed by atoms with Crippen LogP contribution < -0.4 is 10.1 Å². The molecule has 0 aliphatic rings. The van der Waals surface area contributed by atoms with Crippen LogP contribution in [0.15, 0.2) is 42.6 Å². The van der Waals surface area contributed by atoms with Gasteiger partial charge in [0.15, 0.2) is 0 Å². The van der Waals surface area contributed by atoms with Crippen LogP contribution in [0.3, 0.4) is 0 Å². The van der Waals surface area contributed by atoms with Gasteiger partial charge in [0.1, 0.15) is 0 Å². The Morgan fingerprint density at radius 3 is 2.24 bits per heavy atom. The van der Waals surface area contributed by atoms with E-state index in [4.69, 9.17) is 4.74 Å². The van der Waals surface area contributed by atoms with Crippen LogP contribution in [0, 0.1) is 0 Å². The lowest BCUT2D eigenvalue weighted by molar-refractivity contribution is 0.102. The molecule has 4 nitrogen and oxygen atoms in total. The van der Waals surface area contributed by atoms with Crippen molar-refractivity contribution in [2.24, 2.45) is 0 Å². The third-order valence-electron chi connectivity index (χ3n) is 3.22. The normalized spacial score (nSPS) is 11.0. The number of hydrogen-bond acceptors (Lipinski definition) is 3. The van der Waals surface area contributed by atoms with Crippen molar-refractivity contribution in [3.63, 3.8) is 0 Å². The number of aromatic nitrogens is 1. The molecule has 2 rings (SSSR count). The molecule has 1 amide bonds. The van der Waals surface area contributed by atoms with Gasteiger partial charge in [-0.25, -0.2) is 4.98 Å². The molecule has 2 aromatic rings. The monoisotopic (exact) mass is 284 g/mol. The Morgan fingerprint density at radius 1 is 1.10 bits per heavy atom. The number of benzene rings is 1. The molecule has 0 saturated heterocycles. The van der Waals surface area contributed by atoms with E-state index >= 15 is 0 Å². The minimum absolute atomic E-state index is 0.0783. The topological polar surface area (TPSA) is 51.2 Å². The fourth-order valence-corrected chi connectivity index (χ4v) is 1.90. The molecule has 0 radical (unpaired) electrons. The van der Waals surface area contributed by atoms with Crippen molar-refractivity contribution in [1.29, 1.82) is 0 Å². The van der Waals surface area contributed by atoms with Gasteiger partial charge in [-0.3, -0.25) is 4.79 Å². The van der Waals surface area contributed by atoms with E-state index in [1.165, 1.54) is 5.56 Å². The van der Waals surface area contributed by atoms with Gasteiger partial charge in [0, 0.05) is 11.6 Å². The van der Waals surface area contributed by atoms with Crippen LogP contribution in [0.5, 0.6) is 5.88 Å². The summed E-state index contributed by atoms with van der Waals surface area (Å²) in [5.74, 6) is 0.366. The van der Waals surface area contributed by atoms with E-state index in [2.05, 4.69) is 31.1 Å². The second-order valence-corrected chi connectivity index (χ2v) is 5.87. The average Bonchev–Trinajstić information content (AvgIpc) is 2.47. The molecule has 0 unspecified atom stereocenters. The highest BCUT2D eigenvalue weighted by atomic mass is 16.5. The number of nitrogens with one attached hydrogen (secondary N) is 1. The van der Waals surface area contributed by atoms with Gasteiger partial charge < -0.3 is 10.1 Å². The highest BCUT2D eigenvalue weighted by Gasteiger charge is 2.14. The first-order valence-electron chi connectivity index (χ1n) is 6.82. The Balaban J connectivity index is 2.09. The average molecular weight is 284 g/mol. The molecule has 0 fully saturated rings. The van der Waals surface area contributed by atoms with Crippen molar-refractivity contribution in [3.05, 3.63) is 53.7 Å². The summed E-state index contributed by atoms with van der Waals surface area (Å²) in [6, 6.07) is 11.1. The Bertz CT molecular complexity index is 611. The Kier molecular flexibility index (Phi) is 4.26. The van der Waals surface area contributed by atoms with Crippen LogP contribution in [-0.2, 0) is 5.41 Å². The third kappa shape index (κ3) is 3.81. The zero-order valence-electron chi connectivity index (χ0n) is 12.8. The number of hydrogen-bond donors (Lipinski definition) is 1. The SMILES string of the molecule is COc1ccc(NC(=O)c2ccc(C(C)(C)C)cc2)cn1. The summed E-state index contributed by atoms with van der Waals surface area (Å²) in [7, 11) is 1.55. The fourth-order valence-electron chi connectivity index (χ4n) is 1.90. The van der Waals surface area contributed by atoms with Crippen molar-refractivity contribution in [2.75, 3.05) is 12.4 Å². The first-order chi connectivity index (χ1) is 9.90. The Morgan fingerprint density at radius 2 is 1.76 bits per heavy atom. The molecular weight excluding hydrogens is 264 g/mol. The lowest BCUT2D eigenvalue weighted by Crippen LogP contribution is -2.14. The number of methoxy groups -OCH3 is 1. The largest absolute Gasteiger partial charge is 0.481 e. The number of anilines is 1. The third-order valence-corrected chi connectivity index (χ3v) is 3.22. The predicted molar refractivity (Wildman–Crippen MR) is 83.9 cm³/mol. The molecule has 0 spiro atoms. The number of amides is 1. The van der Waals surface area contributed by atoms with Crippen LogP contribution in [0.4, 0.5) is 5.69 Å². The minimum atomic E-state index is -0.151. The van der Waals surface area contributed by atoms with Crippen LogP contribution in [0.1, 0.15) is 36.7 Å². The molecule has 0 aliphatic carbocycles. The summed E-state index contributed by atoms with van der Waals surface area (Å²) in [5, 5.41) is 2.81. The molecule has 0 aliphatic heterocycles. The molecule has 0 bridgehead atoms. The first-order valence-corrected chi connectivity index (χ1v) is 6.82. The maximum absolute atomic E-state index is 12.2. The van der Waals surface area contributed by atoms with Crippen molar-refractivity contribution >= 4 is 11.6 Å². The number of pyridine rings is 1. The fraction of sp³-hybridized carbons (Fsp3) is 0.294. The van der Waals surface area contributed by atoms with E-state index in [9.17, 15) is 4.79 Å². The van der Waals surface area contributed by atoms with Gasteiger partial charge in [-0.15, -0.1) is 0 Å². The summed E-state index contributed by atoms with van der Waals surface area (Å²) in [4.78, 5) is 16.2. The molecule has 21 heavy (non-hydrogen) atoms. The highest BCUT2D eigenvalue weighted by molar-refractivity contribution is 6.04. The van der Waals surface area contributed by atoms with Crippen molar-refractivity contribution in [1.82, 2.24) is 4.98 Å². The molecule has 4 heteroatoms.